The normalized spacial score (nSPS) is 10.3. The predicted molar refractivity (Wildman–Crippen MR) is 57.6 cm³/mol. The molecule has 1 rings (SSSR count). The van der Waals surface area contributed by atoms with E-state index in [1.807, 2.05) is 0 Å². The molecule has 0 bridgehead atoms. The fourth-order valence-electron chi connectivity index (χ4n) is 1.27. The third-order valence-electron chi connectivity index (χ3n) is 2.15. The second kappa shape index (κ2) is 6.40. The van der Waals surface area contributed by atoms with Gasteiger partial charge in [0.15, 0.2) is 11.6 Å². The van der Waals surface area contributed by atoms with E-state index in [0.29, 0.717) is 13.0 Å². The molecule has 15 heavy (non-hydrogen) atoms. The molecule has 0 saturated carbocycles. The van der Waals surface area contributed by atoms with Gasteiger partial charge in [0.05, 0.1) is 6.61 Å². The Labute approximate surface area is 89.7 Å². The van der Waals surface area contributed by atoms with Gasteiger partial charge in [-0.15, -0.1) is 0 Å². The maximum atomic E-state index is 13.2. The summed E-state index contributed by atoms with van der Waals surface area (Å²) >= 11 is 0. The zero-order valence-corrected chi connectivity index (χ0v) is 9.00. The molecule has 0 aliphatic carbocycles. The molecule has 1 aromatic carbocycles. The summed E-state index contributed by atoms with van der Waals surface area (Å²) in [5, 5.41) is 8.76. The lowest BCUT2D eigenvalue weighted by Crippen LogP contribution is -2.00. The van der Waals surface area contributed by atoms with Crippen LogP contribution in [0.4, 0.5) is 4.39 Å². The number of rotatable bonds is 6. The van der Waals surface area contributed by atoms with Crippen molar-refractivity contribution in [3.05, 3.63) is 29.6 Å². The molecule has 0 atom stereocenters. The average molecular weight is 212 g/mol. The van der Waals surface area contributed by atoms with E-state index < -0.39 is 0 Å². The zero-order chi connectivity index (χ0) is 11.1. The molecular formula is C12H17FO2. The number of aliphatic hydroxyl groups is 1. The summed E-state index contributed by atoms with van der Waals surface area (Å²) < 4.78 is 18.6. The minimum Gasteiger partial charge on any atom is -0.491 e. The topological polar surface area (TPSA) is 29.5 Å². The van der Waals surface area contributed by atoms with E-state index in [1.54, 1.807) is 12.1 Å². The molecule has 0 aromatic heterocycles. The fourth-order valence-corrected chi connectivity index (χ4v) is 1.27. The molecule has 0 spiro atoms. The Bertz CT molecular complexity index is 300. The Morgan fingerprint density at radius 2 is 2.20 bits per heavy atom. The van der Waals surface area contributed by atoms with Crippen LogP contribution in [0.1, 0.15) is 25.3 Å². The number of unbranched alkanes of at least 4 members (excludes halogenated alkanes) is 1. The summed E-state index contributed by atoms with van der Waals surface area (Å²) in [5.74, 6) is -0.0535. The number of benzene rings is 1. The first-order valence-corrected chi connectivity index (χ1v) is 5.30. The van der Waals surface area contributed by atoms with E-state index in [9.17, 15) is 4.39 Å². The second-order valence-electron chi connectivity index (χ2n) is 3.44. The summed E-state index contributed by atoms with van der Waals surface area (Å²) in [4.78, 5) is 0. The minimum atomic E-state index is -0.340. The number of hydrogen-bond acceptors (Lipinski definition) is 2. The highest BCUT2D eigenvalue weighted by Gasteiger charge is 2.04. The summed E-state index contributed by atoms with van der Waals surface area (Å²) in [6.07, 6.45) is 2.48. The third-order valence-corrected chi connectivity index (χ3v) is 2.15. The average Bonchev–Trinajstić information content (AvgIpc) is 2.23. The van der Waals surface area contributed by atoms with Gasteiger partial charge in [0.1, 0.15) is 0 Å². The van der Waals surface area contributed by atoms with Gasteiger partial charge in [-0.1, -0.05) is 19.4 Å². The predicted octanol–water partition coefficient (Wildman–Crippen LogP) is 2.54. The van der Waals surface area contributed by atoms with E-state index in [4.69, 9.17) is 9.84 Å². The summed E-state index contributed by atoms with van der Waals surface area (Å²) in [5.41, 5.74) is 0.894. The lowest BCUT2D eigenvalue weighted by Gasteiger charge is -2.08. The van der Waals surface area contributed by atoms with Crippen LogP contribution in [-0.2, 0) is 6.42 Å². The van der Waals surface area contributed by atoms with Crippen molar-refractivity contribution in [1.82, 2.24) is 0 Å². The lowest BCUT2D eigenvalue weighted by atomic mass is 10.1. The zero-order valence-electron chi connectivity index (χ0n) is 9.00. The van der Waals surface area contributed by atoms with Gasteiger partial charge in [0.25, 0.3) is 0 Å². The standard InChI is InChI=1S/C12H17FO2/c1-2-3-8-15-12-9-10(6-7-14)4-5-11(12)13/h4-5,9,14H,2-3,6-8H2,1H3. The Morgan fingerprint density at radius 3 is 2.87 bits per heavy atom. The van der Waals surface area contributed by atoms with E-state index in [1.165, 1.54) is 6.07 Å². The number of ether oxygens (including phenoxy) is 1. The first-order chi connectivity index (χ1) is 7.27. The van der Waals surface area contributed by atoms with Gasteiger partial charge in [-0.25, -0.2) is 4.39 Å². The van der Waals surface area contributed by atoms with E-state index in [0.717, 1.165) is 18.4 Å². The maximum Gasteiger partial charge on any atom is 0.165 e. The molecule has 84 valence electrons. The molecule has 2 nitrogen and oxygen atoms in total. The van der Waals surface area contributed by atoms with Crippen LogP contribution in [0.2, 0.25) is 0 Å². The third kappa shape index (κ3) is 3.88. The molecule has 0 unspecified atom stereocenters. The van der Waals surface area contributed by atoms with Crippen LogP contribution in [0.25, 0.3) is 0 Å². The number of aliphatic hydroxyl groups excluding tert-OH is 1. The lowest BCUT2D eigenvalue weighted by molar-refractivity contribution is 0.290. The first kappa shape index (κ1) is 12.0. The largest absolute Gasteiger partial charge is 0.491 e. The van der Waals surface area contributed by atoms with Crippen molar-refractivity contribution in [3.63, 3.8) is 0 Å². The molecule has 0 heterocycles. The Kier molecular flexibility index (Phi) is 5.12. The van der Waals surface area contributed by atoms with Gasteiger partial charge in [0.2, 0.25) is 0 Å². The van der Waals surface area contributed by atoms with Crippen LogP contribution in [0.3, 0.4) is 0 Å². The van der Waals surface area contributed by atoms with Crippen LogP contribution in [0.15, 0.2) is 18.2 Å². The van der Waals surface area contributed by atoms with Crippen LogP contribution < -0.4 is 4.74 Å². The molecule has 0 saturated heterocycles. The van der Waals surface area contributed by atoms with Gasteiger partial charge in [-0.2, -0.15) is 0 Å². The van der Waals surface area contributed by atoms with Gasteiger partial charge < -0.3 is 9.84 Å². The number of halogens is 1. The molecular weight excluding hydrogens is 195 g/mol. The van der Waals surface area contributed by atoms with Crippen molar-refractivity contribution in [2.45, 2.75) is 26.2 Å². The monoisotopic (exact) mass is 212 g/mol. The second-order valence-corrected chi connectivity index (χ2v) is 3.44. The smallest absolute Gasteiger partial charge is 0.165 e. The Morgan fingerprint density at radius 1 is 1.40 bits per heavy atom. The maximum absolute atomic E-state index is 13.2. The van der Waals surface area contributed by atoms with E-state index in [2.05, 4.69) is 6.92 Å². The highest BCUT2D eigenvalue weighted by molar-refractivity contribution is 5.30. The molecule has 0 aliphatic rings. The van der Waals surface area contributed by atoms with Gasteiger partial charge >= 0.3 is 0 Å². The van der Waals surface area contributed by atoms with Crippen molar-refractivity contribution in [1.29, 1.82) is 0 Å². The van der Waals surface area contributed by atoms with Crippen LogP contribution >= 0.6 is 0 Å². The van der Waals surface area contributed by atoms with Crippen LogP contribution in [0, 0.1) is 5.82 Å². The Balaban J connectivity index is 2.63. The van der Waals surface area contributed by atoms with Crippen LogP contribution in [0.5, 0.6) is 5.75 Å². The Hall–Kier alpha value is -1.09. The molecule has 0 aliphatic heterocycles. The molecule has 0 fully saturated rings. The highest BCUT2D eigenvalue weighted by atomic mass is 19.1. The molecule has 1 N–H and O–H groups in total. The first-order valence-electron chi connectivity index (χ1n) is 5.30. The number of hydrogen-bond donors (Lipinski definition) is 1. The van der Waals surface area contributed by atoms with Crippen molar-refractivity contribution >= 4 is 0 Å². The van der Waals surface area contributed by atoms with E-state index >= 15 is 0 Å². The van der Waals surface area contributed by atoms with Crippen molar-refractivity contribution in [2.24, 2.45) is 0 Å². The van der Waals surface area contributed by atoms with Crippen LogP contribution in [-0.4, -0.2) is 18.3 Å². The molecule has 0 amide bonds. The summed E-state index contributed by atoms with van der Waals surface area (Å²) in [6, 6.07) is 4.70. The summed E-state index contributed by atoms with van der Waals surface area (Å²) in [6.45, 7) is 2.66. The van der Waals surface area contributed by atoms with Crippen molar-refractivity contribution in [3.8, 4) is 5.75 Å². The van der Waals surface area contributed by atoms with Gasteiger partial charge in [0, 0.05) is 6.61 Å². The fraction of sp³-hybridized carbons (Fsp3) is 0.500. The molecule has 3 heteroatoms. The van der Waals surface area contributed by atoms with Gasteiger partial charge in [-0.3, -0.25) is 0 Å². The molecule has 0 radical (unpaired) electrons. The summed E-state index contributed by atoms with van der Waals surface area (Å²) in [7, 11) is 0. The van der Waals surface area contributed by atoms with Crippen molar-refractivity contribution < 1.29 is 14.2 Å². The molecule has 1 aromatic rings. The quantitative estimate of drug-likeness (QED) is 0.734. The van der Waals surface area contributed by atoms with E-state index in [-0.39, 0.29) is 18.2 Å². The minimum absolute atomic E-state index is 0.0695. The van der Waals surface area contributed by atoms with Gasteiger partial charge in [-0.05, 0) is 30.5 Å². The van der Waals surface area contributed by atoms with Crippen molar-refractivity contribution in [2.75, 3.05) is 13.2 Å². The SMILES string of the molecule is CCCCOc1cc(CCO)ccc1F. The highest BCUT2D eigenvalue weighted by Crippen LogP contribution is 2.19.